The van der Waals surface area contributed by atoms with Gasteiger partial charge in [0.05, 0.1) is 12.2 Å². The Morgan fingerprint density at radius 1 is 0.600 bits per heavy atom. The third-order valence-corrected chi connectivity index (χ3v) is 5.28. The highest BCUT2D eigenvalue weighted by Gasteiger charge is 2.14. The summed E-state index contributed by atoms with van der Waals surface area (Å²) in [5, 5.41) is 0. The molecule has 0 aromatic heterocycles. The van der Waals surface area contributed by atoms with E-state index in [2.05, 4.69) is 23.0 Å². The van der Waals surface area contributed by atoms with Crippen LogP contribution in [0, 0.1) is 0 Å². The van der Waals surface area contributed by atoms with Crippen LogP contribution in [0.1, 0.15) is 31.8 Å². The summed E-state index contributed by atoms with van der Waals surface area (Å²) in [5.41, 5.74) is 7.81. The van der Waals surface area contributed by atoms with Gasteiger partial charge in [0, 0.05) is 12.0 Å². The van der Waals surface area contributed by atoms with Crippen LogP contribution in [0.25, 0.3) is 0 Å². The summed E-state index contributed by atoms with van der Waals surface area (Å²) < 4.78 is 11.6. The molecule has 0 aliphatic rings. The molecule has 0 aliphatic heterocycles. The Morgan fingerprint density at radius 2 is 1.20 bits per heavy atom. The quantitative estimate of drug-likeness (QED) is 0.342. The normalized spacial score (nSPS) is 10.3. The lowest BCUT2D eigenvalue weighted by molar-refractivity contribution is 0.0844. The fourth-order valence-electron chi connectivity index (χ4n) is 3.40. The van der Waals surface area contributed by atoms with Crippen LogP contribution in [0.15, 0.2) is 109 Å². The monoisotopic (exact) mass is 466 g/mol. The number of hydrogen-bond donors (Lipinski definition) is 2. The van der Waals surface area contributed by atoms with Gasteiger partial charge in [-0.1, -0.05) is 72.8 Å². The lowest BCUT2D eigenvalue weighted by Gasteiger charge is -2.12. The molecule has 0 bridgehead atoms. The van der Waals surface area contributed by atoms with Crippen LogP contribution in [0.2, 0.25) is 0 Å². The van der Waals surface area contributed by atoms with E-state index >= 15 is 0 Å². The van der Waals surface area contributed by atoms with Crippen molar-refractivity contribution < 1.29 is 19.1 Å². The highest BCUT2D eigenvalue weighted by molar-refractivity contribution is 6.00. The fraction of sp³-hybridized carbons (Fsp3) is 0.103. The first-order chi connectivity index (χ1) is 17.2. The zero-order valence-corrected chi connectivity index (χ0v) is 19.1. The number of ether oxygens (including phenoxy) is 2. The molecule has 0 heterocycles. The molecule has 4 aromatic rings. The molecule has 0 saturated heterocycles. The zero-order chi connectivity index (χ0) is 24.3. The number of hydrazine groups is 1. The number of rotatable bonds is 9. The molecule has 6 nitrogen and oxygen atoms in total. The van der Waals surface area contributed by atoms with Gasteiger partial charge >= 0.3 is 0 Å². The Kier molecular flexibility index (Phi) is 8.11. The van der Waals surface area contributed by atoms with Crippen molar-refractivity contribution in [2.75, 3.05) is 6.61 Å². The molecule has 0 aliphatic carbocycles. The van der Waals surface area contributed by atoms with Crippen LogP contribution in [0.4, 0.5) is 0 Å². The highest BCUT2D eigenvalue weighted by atomic mass is 16.5. The lowest BCUT2D eigenvalue weighted by Crippen LogP contribution is -2.41. The summed E-state index contributed by atoms with van der Waals surface area (Å²) in [4.78, 5) is 25.2. The van der Waals surface area contributed by atoms with Gasteiger partial charge in [0.15, 0.2) is 0 Å². The van der Waals surface area contributed by atoms with Crippen LogP contribution in [0.5, 0.6) is 11.5 Å². The Morgan fingerprint density at radius 3 is 1.91 bits per heavy atom. The Hall–Kier alpha value is -4.58. The SMILES string of the molecule is O=C(NNC(=O)c1ccccc1OCc1ccccc1)c1ccc(OCCc2ccccc2)cc1. The molecule has 6 heteroatoms. The summed E-state index contributed by atoms with van der Waals surface area (Å²) in [6.07, 6.45) is 0.797. The average Bonchev–Trinajstić information content (AvgIpc) is 2.92. The largest absolute Gasteiger partial charge is 0.493 e. The smallest absolute Gasteiger partial charge is 0.273 e. The third kappa shape index (κ3) is 6.95. The average molecular weight is 467 g/mol. The van der Waals surface area contributed by atoms with Gasteiger partial charge in [-0.25, -0.2) is 0 Å². The van der Waals surface area contributed by atoms with Crippen LogP contribution >= 0.6 is 0 Å². The minimum Gasteiger partial charge on any atom is -0.493 e. The maximum Gasteiger partial charge on any atom is 0.273 e. The predicted octanol–water partition coefficient (Wildman–Crippen LogP) is 4.96. The first kappa shape index (κ1) is 23.6. The molecule has 0 fully saturated rings. The topological polar surface area (TPSA) is 76.7 Å². The van der Waals surface area contributed by atoms with Gasteiger partial charge in [0.1, 0.15) is 18.1 Å². The number of carbonyl (C=O) groups is 2. The molecule has 0 radical (unpaired) electrons. The van der Waals surface area contributed by atoms with E-state index < -0.39 is 11.8 Å². The second kappa shape index (κ2) is 12.0. The summed E-state index contributed by atoms with van der Waals surface area (Å²) >= 11 is 0. The van der Waals surface area contributed by atoms with E-state index in [1.54, 1.807) is 48.5 Å². The summed E-state index contributed by atoms with van der Waals surface area (Å²) in [6, 6.07) is 33.4. The second-order valence-corrected chi connectivity index (χ2v) is 7.79. The molecule has 0 atom stereocenters. The van der Waals surface area contributed by atoms with Crippen LogP contribution < -0.4 is 20.3 Å². The van der Waals surface area contributed by atoms with Crippen molar-refractivity contribution in [1.82, 2.24) is 10.9 Å². The molecule has 176 valence electrons. The number of carbonyl (C=O) groups excluding carboxylic acids is 2. The third-order valence-electron chi connectivity index (χ3n) is 5.28. The molecular formula is C29H26N2O4. The van der Waals surface area contributed by atoms with Gasteiger partial charge in [-0.05, 0) is 47.5 Å². The van der Waals surface area contributed by atoms with E-state index in [1.165, 1.54) is 5.56 Å². The lowest BCUT2D eigenvalue weighted by atomic mass is 10.2. The minimum atomic E-state index is -0.470. The minimum absolute atomic E-state index is 0.325. The molecule has 2 amide bonds. The van der Waals surface area contributed by atoms with Gasteiger partial charge in [-0.2, -0.15) is 0 Å². The Bertz CT molecular complexity index is 1240. The van der Waals surface area contributed by atoms with Gasteiger partial charge < -0.3 is 9.47 Å². The van der Waals surface area contributed by atoms with Crippen molar-refractivity contribution in [3.05, 3.63) is 131 Å². The maximum atomic E-state index is 12.7. The summed E-state index contributed by atoms with van der Waals surface area (Å²) in [5.74, 6) is 0.200. The molecule has 4 rings (SSSR count). The highest BCUT2D eigenvalue weighted by Crippen LogP contribution is 2.19. The molecule has 0 saturated carbocycles. The number of hydrogen-bond acceptors (Lipinski definition) is 4. The molecular weight excluding hydrogens is 440 g/mol. The predicted molar refractivity (Wildman–Crippen MR) is 134 cm³/mol. The van der Waals surface area contributed by atoms with Crippen molar-refractivity contribution >= 4 is 11.8 Å². The fourth-order valence-corrected chi connectivity index (χ4v) is 3.40. The van der Waals surface area contributed by atoms with Crippen molar-refractivity contribution in [3.8, 4) is 11.5 Å². The van der Waals surface area contributed by atoms with E-state index in [9.17, 15) is 9.59 Å². The number of para-hydroxylation sites is 1. The number of amides is 2. The van der Waals surface area contributed by atoms with Gasteiger partial charge in [-0.3, -0.25) is 20.4 Å². The van der Waals surface area contributed by atoms with E-state index in [4.69, 9.17) is 9.47 Å². The van der Waals surface area contributed by atoms with Crippen molar-refractivity contribution in [3.63, 3.8) is 0 Å². The standard InChI is InChI=1S/C29H26N2O4/c32-28(24-15-17-25(18-16-24)34-20-19-22-9-3-1-4-10-22)30-31-29(33)26-13-7-8-14-27(26)35-21-23-11-5-2-6-12-23/h1-18H,19-21H2,(H,30,32)(H,31,33). The van der Waals surface area contributed by atoms with Crippen LogP contribution in [-0.2, 0) is 13.0 Å². The summed E-state index contributed by atoms with van der Waals surface area (Å²) in [6.45, 7) is 0.870. The van der Waals surface area contributed by atoms with Crippen LogP contribution in [-0.4, -0.2) is 18.4 Å². The van der Waals surface area contributed by atoms with E-state index in [0.29, 0.717) is 35.8 Å². The zero-order valence-electron chi connectivity index (χ0n) is 19.1. The van der Waals surface area contributed by atoms with E-state index in [1.807, 2.05) is 48.5 Å². The van der Waals surface area contributed by atoms with Crippen molar-refractivity contribution in [1.29, 1.82) is 0 Å². The maximum absolute atomic E-state index is 12.7. The van der Waals surface area contributed by atoms with Gasteiger partial charge in [0.2, 0.25) is 0 Å². The van der Waals surface area contributed by atoms with Crippen molar-refractivity contribution in [2.24, 2.45) is 0 Å². The molecule has 4 aromatic carbocycles. The van der Waals surface area contributed by atoms with Gasteiger partial charge in [0.25, 0.3) is 11.8 Å². The Balaban J connectivity index is 1.27. The van der Waals surface area contributed by atoms with E-state index in [0.717, 1.165) is 12.0 Å². The first-order valence-corrected chi connectivity index (χ1v) is 11.3. The first-order valence-electron chi connectivity index (χ1n) is 11.3. The summed E-state index contributed by atoms with van der Waals surface area (Å²) in [7, 11) is 0. The number of benzene rings is 4. The second-order valence-electron chi connectivity index (χ2n) is 7.79. The molecule has 0 unspecified atom stereocenters. The van der Waals surface area contributed by atoms with Crippen LogP contribution in [0.3, 0.4) is 0 Å². The molecule has 35 heavy (non-hydrogen) atoms. The number of nitrogens with one attached hydrogen (secondary N) is 2. The van der Waals surface area contributed by atoms with Crippen molar-refractivity contribution in [2.45, 2.75) is 13.0 Å². The van der Waals surface area contributed by atoms with Gasteiger partial charge in [-0.15, -0.1) is 0 Å². The van der Waals surface area contributed by atoms with E-state index in [-0.39, 0.29) is 0 Å². The molecule has 0 spiro atoms. The Labute approximate surface area is 204 Å². The molecule has 2 N–H and O–H groups in total.